The van der Waals surface area contributed by atoms with Crippen molar-refractivity contribution in [3.8, 4) is 5.75 Å². The Bertz CT molecular complexity index is 739. The highest BCUT2D eigenvalue weighted by Gasteiger charge is 2.16. The Morgan fingerprint density at radius 1 is 1.12 bits per heavy atom. The van der Waals surface area contributed by atoms with Crippen LogP contribution < -0.4 is 15.0 Å². The van der Waals surface area contributed by atoms with Gasteiger partial charge in [0.1, 0.15) is 12.3 Å². The summed E-state index contributed by atoms with van der Waals surface area (Å²) < 4.78 is 5.39. The molecule has 0 saturated carbocycles. The summed E-state index contributed by atoms with van der Waals surface area (Å²) in [6.07, 6.45) is 1.79. The number of rotatable bonds is 8. The van der Waals surface area contributed by atoms with E-state index < -0.39 is 0 Å². The van der Waals surface area contributed by atoms with E-state index in [-0.39, 0.29) is 5.91 Å². The van der Waals surface area contributed by atoms with Crippen LogP contribution in [0.3, 0.4) is 0 Å². The number of carbonyl (C=O) groups excluding carboxylic acids is 1. The van der Waals surface area contributed by atoms with Crippen molar-refractivity contribution in [3.63, 3.8) is 0 Å². The molecule has 0 bridgehead atoms. The molecule has 0 aliphatic rings. The molecule has 0 saturated heterocycles. The first-order valence-electron chi connectivity index (χ1n) is 9.02. The van der Waals surface area contributed by atoms with Crippen LogP contribution in [-0.2, 0) is 24.2 Å². The number of anilines is 1. The molecule has 0 spiro atoms. The number of benzene rings is 2. The van der Waals surface area contributed by atoms with E-state index in [2.05, 4.69) is 37.4 Å². The molecule has 0 aromatic heterocycles. The van der Waals surface area contributed by atoms with E-state index in [1.165, 1.54) is 11.1 Å². The molecule has 2 N–H and O–H groups in total. The minimum atomic E-state index is 0.0131. The molecule has 1 unspecified atom stereocenters. The van der Waals surface area contributed by atoms with Crippen LogP contribution in [0.25, 0.3) is 0 Å². The first-order chi connectivity index (χ1) is 12.5. The van der Waals surface area contributed by atoms with Gasteiger partial charge >= 0.3 is 0 Å². The Balaban J connectivity index is 2.06. The second-order valence-corrected chi connectivity index (χ2v) is 6.91. The smallest absolute Gasteiger partial charge is 0.279 e. The second-order valence-electron chi connectivity index (χ2n) is 6.47. The number of likely N-dealkylation sites (N-methyl/N-ethyl adjacent to an activating group) is 1. The normalized spacial score (nSPS) is 11.9. The summed E-state index contributed by atoms with van der Waals surface area (Å²) in [7, 11) is 3.63. The highest BCUT2D eigenvalue weighted by atomic mass is 35.5. The van der Waals surface area contributed by atoms with Crippen LogP contribution in [0.15, 0.2) is 36.4 Å². The zero-order valence-electron chi connectivity index (χ0n) is 16.0. The third-order valence-corrected chi connectivity index (χ3v) is 4.70. The summed E-state index contributed by atoms with van der Waals surface area (Å²) in [6, 6.07) is 11.7. The average Bonchev–Trinajstić information content (AvgIpc) is 2.61. The first-order valence-corrected chi connectivity index (χ1v) is 9.40. The lowest BCUT2D eigenvalue weighted by atomic mass is 10.0. The lowest BCUT2D eigenvalue weighted by molar-refractivity contribution is -0.885. The fourth-order valence-electron chi connectivity index (χ4n) is 3.13. The Kier molecular flexibility index (Phi) is 7.49. The lowest BCUT2D eigenvalue weighted by Gasteiger charge is -2.18. The summed E-state index contributed by atoms with van der Waals surface area (Å²) >= 11 is 6.09. The van der Waals surface area contributed by atoms with Gasteiger partial charge in [-0.25, -0.2) is 0 Å². The maximum atomic E-state index is 12.6. The summed E-state index contributed by atoms with van der Waals surface area (Å²) in [5.41, 5.74) is 4.31. The van der Waals surface area contributed by atoms with Crippen LogP contribution in [-0.4, -0.2) is 26.6 Å². The number of halogens is 1. The molecule has 2 aromatic carbocycles. The van der Waals surface area contributed by atoms with Gasteiger partial charge in [-0.2, -0.15) is 0 Å². The number of amides is 1. The molecule has 0 fully saturated rings. The Hall–Kier alpha value is -2.04. The molecule has 5 heteroatoms. The van der Waals surface area contributed by atoms with Crippen LogP contribution in [0, 0.1) is 0 Å². The Morgan fingerprint density at radius 3 is 2.35 bits per heavy atom. The van der Waals surface area contributed by atoms with Crippen LogP contribution >= 0.6 is 11.6 Å². The molecule has 0 aliphatic carbocycles. The van der Waals surface area contributed by atoms with E-state index >= 15 is 0 Å². The standard InChI is InChI=1S/C21H27ClN2O2/c1-5-15-8-7-9-16(6-2)21(15)23-20(25)14-24(3)13-17-12-18(22)10-11-19(17)26-4/h7-12H,5-6,13-14H2,1-4H3,(H,23,25)/p+1. The van der Waals surface area contributed by atoms with Gasteiger partial charge in [-0.15, -0.1) is 0 Å². The fourth-order valence-corrected chi connectivity index (χ4v) is 3.33. The molecule has 1 atom stereocenters. The third-order valence-electron chi connectivity index (χ3n) is 4.46. The predicted octanol–water partition coefficient (Wildman–Crippen LogP) is 3.13. The van der Waals surface area contributed by atoms with Crippen molar-refractivity contribution in [1.82, 2.24) is 0 Å². The average molecular weight is 376 g/mol. The van der Waals surface area contributed by atoms with Gasteiger partial charge in [0.25, 0.3) is 5.91 Å². The molecule has 2 aromatic rings. The largest absolute Gasteiger partial charge is 0.496 e. The van der Waals surface area contributed by atoms with Crippen molar-refractivity contribution >= 4 is 23.2 Å². The fraction of sp³-hybridized carbons (Fsp3) is 0.381. The first kappa shape index (κ1) is 20.3. The van der Waals surface area contributed by atoms with Gasteiger partial charge in [-0.05, 0) is 42.2 Å². The number of carbonyl (C=O) groups is 1. The van der Waals surface area contributed by atoms with Gasteiger partial charge in [-0.3, -0.25) is 4.79 Å². The molecule has 0 heterocycles. The van der Waals surface area contributed by atoms with Gasteiger partial charge in [-0.1, -0.05) is 43.6 Å². The number of nitrogens with one attached hydrogen (secondary N) is 2. The summed E-state index contributed by atoms with van der Waals surface area (Å²) in [6.45, 7) is 5.24. The highest BCUT2D eigenvalue weighted by Crippen LogP contribution is 2.23. The van der Waals surface area contributed by atoms with E-state index in [9.17, 15) is 4.79 Å². The molecule has 0 aliphatic heterocycles. The predicted molar refractivity (Wildman–Crippen MR) is 107 cm³/mol. The van der Waals surface area contributed by atoms with Crippen molar-refractivity contribution in [3.05, 3.63) is 58.1 Å². The van der Waals surface area contributed by atoms with E-state index in [1.807, 2.05) is 19.2 Å². The third kappa shape index (κ3) is 5.23. The summed E-state index contributed by atoms with van der Waals surface area (Å²) in [5.74, 6) is 0.804. The van der Waals surface area contributed by atoms with Crippen molar-refractivity contribution in [2.75, 3.05) is 26.0 Å². The number of para-hydroxylation sites is 1. The quantitative estimate of drug-likeness (QED) is 0.744. The molecule has 26 heavy (non-hydrogen) atoms. The van der Waals surface area contributed by atoms with Gasteiger partial charge in [0.05, 0.1) is 14.2 Å². The molecule has 2 rings (SSSR count). The van der Waals surface area contributed by atoms with Crippen molar-refractivity contribution < 1.29 is 14.4 Å². The molecule has 0 radical (unpaired) electrons. The number of quaternary nitrogens is 1. The van der Waals surface area contributed by atoms with Gasteiger partial charge in [0.2, 0.25) is 0 Å². The van der Waals surface area contributed by atoms with E-state index in [0.717, 1.165) is 34.7 Å². The second kappa shape index (κ2) is 9.60. The zero-order valence-corrected chi connectivity index (χ0v) is 16.7. The SMILES string of the molecule is CCc1cccc(CC)c1NC(=O)C[NH+](C)Cc1cc(Cl)ccc1OC. The highest BCUT2D eigenvalue weighted by molar-refractivity contribution is 6.30. The summed E-state index contributed by atoms with van der Waals surface area (Å²) in [4.78, 5) is 13.6. The van der Waals surface area contributed by atoms with Crippen molar-refractivity contribution in [2.45, 2.75) is 33.2 Å². The van der Waals surface area contributed by atoms with E-state index in [0.29, 0.717) is 18.1 Å². The molecular weight excluding hydrogens is 348 g/mol. The van der Waals surface area contributed by atoms with Crippen LogP contribution in [0.4, 0.5) is 5.69 Å². The van der Waals surface area contributed by atoms with Crippen LogP contribution in [0.5, 0.6) is 5.75 Å². The van der Waals surface area contributed by atoms with Gasteiger partial charge in [0.15, 0.2) is 6.54 Å². The monoisotopic (exact) mass is 375 g/mol. The molecule has 1 amide bonds. The minimum Gasteiger partial charge on any atom is -0.496 e. The lowest BCUT2D eigenvalue weighted by Crippen LogP contribution is -3.08. The number of hydrogen-bond donors (Lipinski definition) is 2. The zero-order chi connectivity index (χ0) is 19.1. The number of hydrogen-bond acceptors (Lipinski definition) is 2. The van der Waals surface area contributed by atoms with Gasteiger partial charge < -0.3 is 15.0 Å². The van der Waals surface area contributed by atoms with Crippen molar-refractivity contribution in [1.29, 1.82) is 0 Å². The van der Waals surface area contributed by atoms with Crippen LogP contribution in [0.1, 0.15) is 30.5 Å². The van der Waals surface area contributed by atoms with Crippen LogP contribution in [0.2, 0.25) is 5.02 Å². The molecular formula is C21H28ClN2O2+. The maximum Gasteiger partial charge on any atom is 0.279 e. The van der Waals surface area contributed by atoms with E-state index in [4.69, 9.17) is 16.3 Å². The maximum absolute atomic E-state index is 12.6. The Morgan fingerprint density at radius 2 is 1.77 bits per heavy atom. The topological polar surface area (TPSA) is 42.8 Å². The van der Waals surface area contributed by atoms with Gasteiger partial charge in [0, 0.05) is 16.3 Å². The molecule has 4 nitrogen and oxygen atoms in total. The number of ether oxygens (including phenoxy) is 1. The minimum absolute atomic E-state index is 0.0131. The summed E-state index contributed by atoms with van der Waals surface area (Å²) in [5, 5.41) is 3.79. The van der Waals surface area contributed by atoms with Crippen molar-refractivity contribution in [2.24, 2.45) is 0 Å². The number of methoxy groups -OCH3 is 1. The molecule has 140 valence electrons. The Labute approximate surface area is 161 Å². The number of aryl methyl sites for hydroxylation is 2. The van der Waals surface area contributed by atoms with E-state index in [1.54, 1.807) is 13.2 Å².